The average Bonchev–Trinajstić information content (AvgIpc) is 2.99. The maximum absolute atomic E-state index is 13.5. The number of rotatable bonds is 13. The van der Waals surface area contributed by atoms with E-state index in [0.717, 1.165) is 16.9 Å². The predicted octanol–water partition coefficient (Wildman–Crippen LogP) is 5.13. The highest BCUT2D eigenvalue weighted by molar-refractivity contribution is 5.89. The van der Waals surface area contributed by atoms with Crippen molar-refractivity contribution in [2.45, 2.75) is 31.3 Å². The number of carboxylic acid groups (broad SMARTS) is 1. The van der Waals surface area contributed by atoms with E-state index in [2.05, 4.69) is 20.9 Å². The van der Waals surface area contributed by atoms with Gasteiger partial charge in [0.05, 0.1) is 12.5 Å². The number of pyridine rings is 1. The zero-order valence-electron chi connectivity index (χ0n) is 22.0. The first-order valence-corrected chi connectivity index (χ1v) is 13.2. The molecule has 1 unspecified atom stereocenters. The van der Waals surface area contributed by atoms with Crippen LogP contribution in [-0.4, -0.2) is 34.4 Å². The fourth-order valence-corrected chi connectivity index (χ4v) is 4.33. The lowest BCUT2D eigenvalue weighted by molar-refractivity contribution is -0.138. The van der Waals surface area contributed by atoms with Gasteiger partial charge in [-0.1, -0.05) is 91.0 Å². The third-order valence-electron chi connectivity index (χ3n) is 6.37. The standard InChI is InChI=1S/C32H32N4O4/c37-29(15-9-21-34-28-14-7-8-20-33-28)36-31(26-12-5-2-6-13-26)32(40)35-27(22-30(38)39)25-18-16-24(17-19-25)23-10-3-1-4-11-23/h1-8,10-14,16-20,27,31H,9,15,21-22H2,(H,33,34)(H,35,40)(H,36,37)(H,38,39)/t27?,31-/m0/s1. The Balaban J connectivity index is 1.43. The first-order chi connectivity index (χ1) is 19.5. The topological polar surface area (TPSA) is 120 Å². The molecule has 40 heavy (non-hydrogen) atoms. The average molecular weight is 537 g/mol. The minimum Gasteiger partial charge on any atom is -0.481 e. The Morgan fingerprint density at radius 3 is 2.02 bits per heavy atom. The van der Waals surface area contributed by atoms with Crippen LogP contribution in [0.15, 0.2) is 109 Å². The zero-order valence-corrected chi connectivity index (χ0v) is 22.0. The number of amides is 2. The molecule has 204 valence electrons. The van der Waals surface area contributed by atoms with E-state index in [-0.39, 0.29) is 18.7 Å². The lowest BCUT2D eigenvalue weighted by Gasteiger charge is -2.23. The molecule has 0 fully saturated rings. The van der Waals surface area contributed by atoms with E-state index < -0.39 is 24.0 Å². The summed E-state index contributed by atoms with van der Waals surface area (Å²) < 4.78 is 0. The number of carbonyl (C=O) groups excluding carboxylic acids is 2. The second-order valence-corrected chi connectivity index (χ2v) is 9.30. The highest BCUT2D eigenvalue weighted by Crippen LogP contribution is 2.24. The fourth-order valence-electron chi connectivity index (χ4n) is 4.33. The molecule has 0 aliphatic heterocycles. The molecule has 4 N–H and O–H groups in total. The highest BCUT2D eigenvalue weighted by atomic mass is 16.4. The minimum absolute atomic E-state index is 0.204. The number of nitrogens with one attached hydrogen (secondary N) is 3. The van der Waals surface area contributed by atoms with Crippen LogP contribution in [0.1, 0.15) is 42.5 Å². The fraction of sp³-hybridized carbons (Fsp3) is 0.188. The zero-order chi connectivity index (χ0) is 28.2. The van der Waals surface area contributed by atoms with Crippen LogP contribution in [0.4, 0.5) is 5.82 Å². The Kier molecular flexibility index (Phi) is 9.99. The van der Waals surface area contributed by atoms with Gasteiger partial charge in [-0.2, -0.15) is 0 Å². The second kappa shape index (κ2) is 14.2. The van der Waals surface area contributed by atoms with E-state index in [4.69, 9.17) is 0 Å². The maximum atomic E-state index is 13.5. The van der Waals surface area contributed by atoms with Gasteiger partial charge < -0.3 is 21.1 Å². The highest BCUT2D eigenvalue weighted by Gasteiger charge is 2.26. The lowest BCUT2D eigenvalue weighted by atomic mass is 9.98. The molecule has 0 saturated heterocycles. The number of benzene rings is 3. The molecule has 0 bridgehead atoms. The van der Waals surface area contributed by atoms with E-state index in [1.54, 1.807) is 30.5 Å². The largest absolute Gasteiger partial charge is 0.481 e. The van der Waals surface area contributed by atoms with Gasteiger partial charge in [-0.05, 0) is 40.8 Å². The normalized spacial score (nSPS) is 12.1. The van der Waals surface area contributed by atoms with Crippen molar-refractivity contribution in [3.05, 3.63) is 120 Å². The van der Waals surface area contributed by atoms with Gasteiger partial charge >= 0.3 is 5.97 Å². The summed E-state index contributed by atoms with van der Waals surface area (Å²) in [7, 11) is 0. The predicted molar refractivity (Wildman–Crippen MR) is 154 cm³/mol. The first-order valence-electron chi connectivity index (χ1n) is 13.2. The summed E-state index contributed by atoms with van der Waals surface area (Å²) in [5.41, 5.74) is 3.29. The Morgan fingerprint density at radius 2 is 1.38 bits per heavy atom. The molecule has 1 heterocycles. The van der Waals surface area contributed by atoms with Gasteiger partial charge in [-0.15, -0.1) is 0 Å². The summed E-state index contributed by atoms with van der Waals surface area (Å²) in [5, 5.41) is 18.4. The van der Waals surface area contributed by atoms with Crippen molar-refractivity contribution < 1.29 is 19.5 Å². The molecule has 3 aromatic carbocycles. The molecule has 0 spiro atoms. The Labute approximate surface area is 233 Å². The van der Waals surface area contributed by atoms with Crippen LogP contribution >= 0.6 is 0 Å². The van der Waals surface area contributed by atoms with Crippen LogP contribution in [0.5, 0.6) is 0 Å². The van der Waals surface area contributed by atoms with E-state index in [1.807, 2.05) is 78.9 Å². The number of carbonyl (C=O) groups is 3. The van der Waals surface area contributed by atoms with Gasteiger partial charge in [-0.3, -0.25) is 14.4 Å². The van der Waals surface area contributed by atoms with Crippen molar-refractivity contribution in [1.29, 1.82) is 0 Å². The summed E-state index contributed by atoms with van der Waals surface area (Å²) in [6, 6.07) is 30.0. The molecule has 2 amide bonds. The van der Waals surface area contributed by atoms with Crippen molar-refractivity contribution in [1.82, 2.24) is 15.6 Å². The van der Waals surface area contributed by atoms with Crippen LogP contribution in [0.3, 0.4) is 0 Å². The number of carboxylic acids is 1. The Morgan fingerprint density at radius 1 is 0.725 bits per heavy atom. The van der Waals surface area contributed by atoms with E-state index in [9.17, 15) is 19.5 Å². The van der Waals surface area contributed by atoms with Gasteiger partial charge in [0.25, 0.3) is 0 Å². The van der Waals surface area contributed by atoms with E-state index in [0.29, 0.717) is 24.1 Å². The number of aromatic nitrogens is 1. The van der Waals surface area contributed by atoms with Crippen molar-refractivity contribution >= 4 is 23.6 Å². The van der Waals surface area contributed by atoms with E-state index >= 15 is 0 Å². The molecule has 0 aliphatic carbocycles. The molecule has 0 saturated carbocycles. The molecule has 4 aromatic rings. The molecule has 8 heteroatoms. The summed E-state index contributed by atoms with van der Waals surface area (Å²) in [4.78, 5) is 42.2. The summed E-state index contributed by atoms with van der Waals surface area (Å²) in [5.74, 6) is -1.08. The smallest absolute Gasteiger partial charge is 0.305 e. The summed E-state index contributed by atoms with van der Waals surface area (Å²) in [6.07, 6.45) is 2.13. The van der Waals surface area contributed by atoms with Crippen molar-refractivity contribution in [2.24, 2.45) is 0 Å². The van der Waals surface area contributed by atoms with Crippen LogP contribution in [0.2, 0.25) is 0 Å². The molecular weight excluding hydrogens is 504 g/mol. The van der Waals surface area contributed by atoms with Gasteiger partial charge in [0.2, 0.25) is 11.8 Å². The minimum atomic E-state index is -1.04. The summed E-state index contributed by atoms with van der Waals surface area (Å²) in [6.45, 7) is 0.548. The van der Waals surface area contributed by atoms with Crippen molar-refractivity contribution in [3.8, 4) is 11.1 Å². The Hall–Kier alpha value is -4.98. The number of aliphatic carboxylic acids is 1. The van der Waals surface area contributed by atoms with Gasteiger partial charge in [0, 0.05) is 19.2 Å². The molecule has 2 atom stereocenters. The first kappa shape index (κ1) is 28.0. The summed E-state index contributed by atoms with van der Waals surface area (Å²) >= 11 is 0. The van der Waals surface area contributed by atoms with Gasteiger partial charge in [0.15, 0.2) is 0 Å². The number of anilines is 1. The number of nitrogens with zero attached hydrogens (tertiary/aromatic N) is 1. The van der Waals surface area contributed by atoms with Crippen LogP contribution < -0.4 is 16.0 Å². The quantitative estimate of drug-likeness (QED) is 0.176. The monoisotopic (exact) mass is 536 g/mol. The number of hydrogen-bond donors (Lipinski definition) is 4. The second-order valence-electron chi connectivity index (χ2n) is 9.30. The third kappa shape index (κ3) is 8.26. The SMILES string of the molecule is O=C(O)CC(NC(=O)[C@@H](NC(=O)CCCNc1ccccn1)c1ccccc1)c1ccc(-c2ccccc2)cc1. The molecule has 1 aromatic heterocycles. The maximum Gasteiger partial charge on any atom is 0.305 e. The number of hydrogen-bond acceptors (Lipinski definition) is 5. The van der Waals surface area contributed by atoms with Crippen LogP contribution in [-0.2, 0) is 14.4 Å². The Bertz CT molecular complexity index is 1380. The van der Waals surface area contributed by atoms with Crippen LogP contribution in [0.25, 0.3) is 11.1 Å². The molecular formula is C32H32N4O4. The molecule has 8 nitrogen and oxygen atoms in total. The van der Waals surface area contributed by atoms with Gasteiger partial charge in [-0.25, -0.2) is 4.98 Å². The van der Waals surface area contributed by atoms with E-state index in [1.165, 1.54) is 0 Å². The van der Waals surface area contributed by atoms with Crippen molar-refractivity contribution in [2.75, 3.05) is 11.9 Å². The lowest BCUT2D eigenvalue weighted by Crippen LogP contribution is -2.42. The molecule has 0 radical (unpaired) electrons. The molecule has 4 rings (SSSR count). The van der Waals surface area contributed by atoms with Crippen molar-refractivity contribution in [3.63, 3.8) is 0 Å². The van der Waals surface area contributed by atoms with Gasteiger partial charge in [0.1, 0.15) is 11.9 Å². The van der Waals surface area contributed by atoms with Crippen LogP contribution in [0, 0.1) is 0 Å². The molecule has 0 aliphatic rings. The third-order valence-corrected chi connectivity index (χ3v) is 6.37.